The van der Waals surface area contributed by atoms with E-state index < -0.39 is 0 Å². The van der Waals surface area contributed by atoms with E-state index in [0.29, 0.717) is 0 Å². The largest absolute Gasteiger partial charge is 1.00 e. The Kier molecular flexibility index (Phi) is 18.2. The molecule has 0 amide bonds. The molecule has 1 heterocycles. The zero-order valence-electron chi connectivity index (χ0n) is 16.7. The molecule has 0 bridgehead atoms. The van der Waals surface area contributed by atoms with Gasteiger partial charge in [0.25, 0.3) is 0 Å². The van der Waals surface area contributed by atoms with Gasteiger partial charge in [-0.15, -0.1) is 0 Å². The first-order valence-electron chi connectivity index (χ1n) is 10.7. The van der Waals surface area contributed by atoms with Gasteiger partial charge in [0.05, 0.1) is 26.7 Å². The summed E-state index contributed by atoms with van der Waals surface area (Å²) < 4.78 is 1.35. The number of halogens is 1. The minimum absolute atomic E-state index is 0. The van der Waals surface area contributed by atoms with Crippen LogP contribution in [0, 0.1) is 0 Å². The van der Waals surface area contributed by atoms with Gasteiger partial charge in [-0.05, 0) is 12.2 Å². The summed E-state index contributed by atoms with van der Waals surface area (Å²) >= 11 is 2.20. The fraction of sp³-hybridized carbons (Fsp3) is 1.00. The molecule has 0 saturated carbocycles. The molecule has 0 unspecified atom stereocenters. The van der Waals surface area contributed by atoms with Crippen LogP contribution >= 0.6 is 11.8 Å². The van der Waals surface area contributed by atoms with Crippen molar-refractivity contribution in [3.8, 4) is 0 Å². The highest BCUT2D eigenvalue weighted by molar-refractivity contribution is 7.99. The molecule has 24 heavy (non-hydrogen) atoms. The fourth-order valence-electron chi connectivity index (χ4n) is 3.75. The molecule has 1 aliphatic rings. The lowest BCUT2D eigenvalue weighted by Gasteiger charge is -2.28. The van der Waals surface area contributed by atoms with Gasteiger partial charge >= 0.3 is 0 Å². The summed E-state index contributed by atoms with van der Waals surface area (Å²) in [5.41, 5.74) is 0. The predicted molar refractivity (Wildman–Crippen MR) is 108 cm³/mol. The summed E-state index contributed by atoms with van der Waals surface area (Å²) in [4.78, 5) is 0. The van der Waals surface area contributed by atoms with Gasteiger partial charge < -0.3 is 28.5 Å². The van der Waals surface area contributed by atoms with Crippen LogP contribution in [-0.2, 0) is 0 Å². The van der Waals surface area contributed by atoms with Crippen LogP contribution in [0.1, 0.15) is 96.8 Å². The third-order valence-electron chi connectivity index (χ3n) is 5.56. The number of hydrogen-bond acceptors (Lipinski definition) is 1. The zero-order valence-corrected chi connectivity index (χ0v) is 19.6. The molecule has 0 aromatic heterocycles. The van der Waals surface area contributed by atoms with E-state index in [9.17, 15) is 0 Å². The SMILES string of the molecule is CCCCCCCCCCCCCCSCC[N+]1(C)CCCC1.[I-]. The summed E-state index contributed by atoms with van der Waals surface area (Å²) in [6, 6.07) is 0. The molecule has 0 aromatic rings. The molecule has 1 fully saturated rings. The van der Waals surface area contributed by atoms with E-state index >= 15 is 0 Å². The molecule has 3 heteroatoms. The number of nitrogens with zero attached hydrogens (tertiary/aromatic N) is 1. The van der Waals surface area contributed by atoms with Gasteiger partial charge in [0.2, 0.25) is 0 Å². The standard InChI is InChI=1S/C21H44NS.HI/c1-3-4-5-6-7-8-9-10-11-12-13-16-20-23-21-19-22(2)17-14-15-18-22;/h3-21H2,1-2H3;1H/q+1;/p-1. The van der Waals surface area contributed by atoms with E-state index in [2.05, 4.69) is 25.7 Å². The predicted octanol–water partition coefficient (Wildman–Crippen LogP) is 3.67. The molecular weight excluding hydrogens is 425 g/mol. The molecule has 0 aliphatic carbocycles. The molecule has 0 spiro atoms. The van der Waals surface area contributed by atoms with Gasteiger partial charge in [0, 0.05) is 18.6 Å². The molecule has 0 N–H and O–H groups in total. The van der Waals surface area contributed by atoms with Crippen LogP contribution in [0.2, 0.25) is 0 Å². The first-order valence-corrected chi connectivity index (χ1v) is 11.8. The Balaban J connectivity index is 0.00000529. The average molecular weight is 470 g/mol. The molecule has 1 aliphatic heterocycles. The number of quaternary nitrogens is 1. The van der Waals surface area contributed by atoms with Crippen LogP contribution in [0.15, 0.2) is 0 Å². The van der Waals surface area contributed by atoms with E-state index in [-0.39, 0.29) is 24.0 Å². The zero-order chi connectivity index (χ0) is 16.6. The minimum Gasteiger partial charge on any atom is -1.00 e. The molecular formula is C21H44INS. The molecule has 0 aromatic carbocycles. The van der Waals surface area contributed by atoms with Gasteiger partial charge in [-0.2, -0.15) is 11.8 Å². The topological polar surface area (TPSA) is 0 Å². The van der Waals surface area contributed by atoms with E-state index in [1.807, 2.05) is 0 Å². The number of thioether (sulfide) groups is 1. The van der Waals surface area contributed by atoms with Crippen molar-refractivity contribution < 1.29 is 28.5 Å². The number of unbranched alkanes of at least 4 members (excludes halogenated alkanes) is 11. The Morgan fingerprint density at radius 3 is 1.62 bits per heavy atom. The van der Waals surface area contributed by atoms with Gasteiger partial charge in [-0.25, -0.2) is 0 Å². The fourth-order valence-corrected chi connectivity index (χ4v) is 4.94. The molecule has 1 saturated heterocycles. The minimum atomic E-state index is 0. The second-order valence-electron chi connectivity index (χ2n) is 8.00. The lowest BCUT2D eigenvalue weighted by atomic mass is 10.1. The van der Waals surface area contributed by atoms with Crippen molar-refractivity contribution in [3.63, 3.8) is 0 Å². The van der Waals surface area contributed by atoms with Crippen molar-refractivity contribution in [3.05, 3.63) is 0 Å². The third kappa shape index (κ3) is 14.2. The summed E-state index contributed by atoms with van der Waals surface area (Å²) in [7, 11) is 2.46. The van der Waals surface area contributed by atoms with Gasteiger partial charge in [0.1, 0.15) is 0 Å². The highest BCUT2D eigenvalue weighted by Gasteiger charge is 2.25. The van der Waals surface area contributed by atoms with Crippen LogP contribution < -0.4 is 24.0 Å². The van der Waals surface area contributed by atoms with Crippen molar-refractivity contribution in [2.45, 2.75) is 96.8 Å². The van der Waals surface area contributed by atoms with Crippen LogP contribution in [0.4, 0.5) is 0 Å². The normalized spacial score (nSPS) is 16.2. The van der Waals surface area contributed by atoms with Crippen LogP contribution in [-0.4, -0.2) is 42.7 Å². The summed E-state index contributed by atoms with van der Waals surface area (Å²) in [6.07, 6.45) is 20.5. The van der Waals surface area contributed by atoms with Crippen LogP contribution in [0.3, 0.4) is 0 Å². The number of hydrogen-bond donors (Lipinski definition) is 0. The van der Waals surface area contributed by atoms with Crippen LogP contribution in [0.5, 0.6) is 0 Å². The highest BCUT2D eigenvalue weighted by atomic mass is 127. The Bertz CT molecular complexity index is 254. The Morgan fingerprint density at radius 2 is 1.12 bits per heavy atom. The first-order chi connectivity index (χ1) is 11.3. The third-order valence-corrected chi connectivity index (χ3v) is 6.61. The first kappa shape index (κ1) is 25.0. The second-order valence-corrected chi connectivity index (χ2v) is 9.22. The molecule has 0 atom stereocenters. The monoisotopic (exact) mass is 469 g/mol. The Hall–Kier alpha value is 1.04. The van der Waals surface area contributed by atoms with Gasteiger partial charge in [-0.3, -0.25) is 0 Å². The van der Waals surface area contributed by atoms with E-state index in [1.165, 1.54) is 126 Å². The molecule has 1 nitrogen and oxygen atoms in total. The number of likely N-dealkylation sites (tertiary alicyclic amines) is 1. The van der Waals surface area contributed by atoms with Gasteiger partial charge in [0.15, 0.2) is 0 Å². The van der Waals surface area contributed by atoms with E-state index in [0.717, 1.165) is 0 Å². The molecule has 146 valence electrons. The molecule has 1 rings (SSSR count). The smallest absolute Gasteiger partial charge is 0.0876 e. The second kappa shape index (κ2) is 17.5. The summed E-state index contributed by atoms with van der Waals surface area (Å²) in [5, 5.41) is 0. The molecule has 0 radical (unpaired) electrons. The van der Waals surface area contributed by atoms with Gasteiger partial charge in [-0.1, -0.05) is 77.6 Å². The van der Waals surface area contributed by atoms with Crippen molar-refractivity contribution in [1.29, 1.82) is 0 Å². The van der Waals surface area contributed by atoms with Crippen molar-refractivity contribution in [1.82, 2.24) is 0 Å². The quantitative estimate of drug-likeness (QED) is 0.189. The Morgan fingerprint density at radius 1 is 0.667 bits per heavy atom. The number of rotatable bonds is 16. The maximum absolute atomic E-state index is 2.46. The summed E-state index contributed by atoms with van der Waals surface area (Å²) in [5.74, 6) is 2.78. The maximum atomic E-state index is 2.46. The van der Waals surface area contributed by atoms with Crippen molar-refractivity contribution in [2.24, 2.45) is 0 Å². The summed E-state index contributed by atoms with van der Waals surface area (Å²) in [6.45, 7) is 6.56. The van der Waals surface area contributed by atoms with Crippen LogP contribution in [0.25, 0.3) is 0 Å². The van der Waals surface area contributed by atoms with E-state index in [4.69, 9.17) is 0 Å². The van der Waals surface area contributed by atoms with Crippen molar-refractivity contribution >= 4 is 11.8 Å². The lowest BCUT2D eigenvalue weighted by Crippen LogP contribution is -3.00. The maximum Gasteiger partial charge on any atom is 0.0876 e. The highest BCUT2D eigenvalue weighted by Crippen LogP contribution is 2.18. The van der Waals surface area contributed by atoms with Crippen molar-refractivity contribution in [2.75, 3.05) is 38.2 Å². The average Bonchev–Trinajstić information content (AvgIpc) is 2.98. The van der Waals surface area contributed by atoms with E-state index in [1.54, 1.807) is 0 Å². The Labute approximate surface area is 174 Å². The lowest BCUT2D eigenvalue weighted by molar-refractivity contribution is -0.895.